The first-order chi connectivity index (χ1) is 12.7. The minimum absolute atomic E-state index is 0.0140. The number of rotatable bonds is 7. The van der Waals surface area contributed by atoms with Crippen LogP contribution in [-0.4, -0.2) is 21.9 Å². The molecule has 3 aromatic rings. The van der Waals surface area contributed by atoms with Crippen molar-refractivity contribution in [1.82, 2.24) is 15.5 Å². The van der Waals surface area contributed by atoms with Gasteiger partial charge in [-0.05, 0) is 29.7 Å². The van der Waals surface area contributed by atoms with Gasteiger partial charge in [0.25, 0.3) is 0 Å². The Morgan fingerprint density at radius 3 is 2.35 bits per heavy atom. The summed E-state index contributed by atoms with van der Waals surface area (Å²) in [5, 5.41) is 12.1. The average Bonchev–Trinajstić information content (AvgIpc) is 2.72. The highest BCUT2D eigenvalue weighted by molar-refractivity contribution is 7.99. The Morgan fingerprint density at radius 1 is 0.923 bits per heavy atom. The van der Waals surface area contributed by atoms with Gasteiger partial charge in [-0.1, -0.05) is 73.3 Å². The highest BCUT2D eigenvalue weighted by Gasteiger charge is 2.06. The van der Waals surface area contributed by atoms with Crippen molar-refractivity contribution in [2.24, 2.45) is 0 Å². The fourth-order valence-electron chi connectivity index (χ4n) is 2.45. The Kier molecular flexibility index (Phi) is 6.39. The van der Waals surface area contributed by atoms with Crippen molar-refractivity contribution in [3.63, 3.8) is 0 Å². The number of carbonyl (C=O) groups is 1. The molecule has 0 aliphatic heterocycles. The molecule has 5 heteroatoms. The molecule has 0 unspecified atom stereocenters. The van der Waals surface area contributed by atoms with Crippen LogP contribution in [0, 0.1) is 0 Å². The van der Waals surface area contributed by atoms with Gasteiger partial charge < -0.3 is 5.32 Å². The zero-order valence-corrected chi connectivity index (χ0v) is 15.5. The molecule has 0 fully saturated rings. The molecule has 1 N–H and O–H groups in total. The SMILES string of the molecule is CCc1ccc(-c2ccc(SCC(=O)NCc3ccccc3)nn2)cc1. The van der Waals surface area contributed by atoms with E-state index < -0.39 is 0 Å². The first kappa shape index (κ1) is 18.1. The lowest BCUT2D eigenvalue weighted by Gasteiger charge is -2.05. The maximum Gasteiger partial charge on any atom is 0.230 e. The summed E-state index contributed by atoms with van der Waals surface area (Å²) in [7, 11) is 0. The van der Waals surface area contributed by atoms with Gasteiger partial charge >= 0.3 is 0 Å². The van der Waals surface area contributed by atoms with Crippen molar-refractivity contribution in [1.29, 1.82) is 0 Å². The number of hydrogen-bond donors (Lipinski definition) is 1. The van der Waals surface area contributed by atoms with Gasteiger partial charge in [0.1, 0.15) is 5.03 Å². The van der Waals surface area contributed by atoms with Crippen LogP contribution >= 0.6 is 11.8 Å². The van der Waals surface area contributed by atoms with Gasteiger partial charge in [-0.3, -0.25) is 4.79 Å². The molecule has 0 atom stereocenters. The third-order valence-corrected chi connectivity index (χ3v) is 4.90. The van der Waals surface area contributed by atoms with Crippen molar-refractivity contribution in [3.05, 3.63) is 77.9 Å². The first-order valence-corrected chi connectivity index (χ1v) is 9.59. The topological polar surface area (TPSA) is 54.9 Å². The van der Waals surface area contributed by atoms with Crippen molar-refractivity contribution in [2.45, 2.75) is 24.9 Å². The lowest BCUT2D eigenvalue weighted by molar-refractivity contribution is -0.118. The summed E-state index contributed by atoms with van der Waals surface area (Å²) >= 11 is 1.39. The summed E-state index contributed by atoms with van der Waals surface area (Å²) in [6.07, 6.45) is 1.02. The Morgan fingerprint density at radius 2 is 1.69 bits per heavy atom. The maximum atomic E-state index is 12.0. The van der Waals surface area contributed by atoms with Crippen molar-refractivity contribution >= 4 is 17.7 Å². The molecule has 0 saturated carbocycles. The quantitative estimate of drug-likeness (QED) is 0.642. The lowest BCUT2D eigenvalue weighted by atomic mass is 10.1. The lowest BCUT2D eigenvalue weighted by Crippen LogP contribution is -2.24. The van der Waals surface area contributed by atoms with Gasteiger partial charge in [0.05, 0.1) is 11.4 Å². The van der Waals surface area contributed by atoms with Gasteiger partial charge in [0, 0.05) is 12.1 Å². The summed E-state index contributed by atoms with van der Waals surface area (Å²) < 4.78 is 0. The molecule has 0 saturated heterocycles. The highest BCUT2D eigenvalue weighted by atomic mass is 32.2. The number of nitrogens with zero attached hydrogens (tertiary/aromatic N) is 2. The zero-order chi connectivity index (χ0) is 18.2. The van der Waals surface area contributed by atoms with E-state index in [0.29, 0.717) is 12.3 Å². The van der Waals surface area contributed by atoms with Gasteiger partial charge in [-0.15, -0.1) is 10.2 Å². The summed E-state index contributed by atoms with van der Waals surface area (Å²) in [5.74, 6) is 0.311. The van der Waals surface area contributed by atoms with Crippen LogP contribution in [0.2, 0.25) is 0 Å². The molecule has 1 aromatic heterocycles. The van der Waals surface area contributed by atoms with Crippen molar-refractivity contribution in [2.75, 3.05) is 5.75 Å². The molecule has 4 nitrogen and oxygen atoms in total. The van der Waals surface area contributed by atoms with E-state index in [-0.39, 0.29) is 5.91 Å². The van der Waals surface area contributed by atoms with Gasteiger partial charge in [0.2, 0.25) is 5.91 Å². The molecule has 0 aliphatic carbocycles. The monoisotopic (exact) mass is 363 g/mol. The fourth-order valence-corrected chi connectivity index (χ4v) is 3.09. The van der Waals surface area contributed by atoms with Gasteiger partial charge in [-0.2, -0.15) is 0 Å². The molecule has 0 radical (unpaired) electrons. The van der Waals surface area contributed by atoms with Crippen LogP contribution in [0.5, 0.6) is 0 Å². The van der Waals surface area contributed by atoms with E-state index in [1.54, 1.807) is 0 Å². The predicted octanol–water partition coefficient (Wildman–Crippen LogP) is 4.11. The van der Waals surface area contributed by atoms with Crippen molar-refractivity contribution < 1.29 is 4.79 Å². The van der Waals surface area contributed by atoms with Crippen LogP contribution in [0.15, 0.2) is 71.8 Å². The zero-order valence-electron chi connectivity index (χ0n) is 14.7. The number of nitrogens with one attached hydrogen (secondary N) is 1. The van der Waals surface area contributed by atoms with Gasteiger partial charge in [0.15, 0.2) is 0 Å². The summed E-state index contributed by atoms with van der Waals surface area (Å²) in [6, 6.07) is 22.1. The number of aryl methyl sites for hydroxylation is 1. The van der Waals surface area contributed by atoms with Crippen LogP contribution in [0.4, 0.5) is 0 Å². The first-order valence-electron chi connectivity index (χ1n) is 8.61. The van der Waals surface area contributed by atoms with E-state index in [4.69, 9.17) is 0 Å². The molecule has 0 aliphatic rings. The average molecular weight is 363 g/mol. The maximum absolute atomic E-state index is 12.0. The Hall–Kier alpha value is -2.66. The van der Waals surface area contributed by atoms with E-state index in [2.05, 4.69) is 46.7 Å². The summed E-state index contributed by atoms with van der Waals surface area (Å²) in [6.45, 7) is 2.68. The molecular weight excluding hydrogens is 342 g/mol. The van der Waals surface area contributed by atoms with Crippen LogP contribution in [0.25, 0.3) is 11.3 Å². The summed E-state index contributed by atoms with van der Waals surface area (Å²) in [5.41, 5.74) is 4.27. The molecule has 3 rings (SSSR count). The highest BCUT2D eigenvalue weighted by Crippen LogP contribution is 2.20. The second-order valence-corrected chi connectivity index (χ2v) is 6.85. The van der Waals surface area contributed by atoms with Crippen LogP contribution in [0.3, 0.4) is 0 Å². The van der Waals surface area contributed by atoms with Crippen LogP contribution < -0.4 is 5.32 Å². The number of thioether (sulfide) groups is 1. The van der Waals surface area contributed by atoms with Gasteiger partial charge in [-0.25, -0.2) is 0 Å². The van der Waals surface area contributed by atoms with E-state index in [1.165, 1.54) is 17.3 Å². The van der Waals surface area contributed by atoms with Crippen molar-refractivity contribution in [3.8, 4) is 11.3 Å². The fraction of sp³-hybridized carbons (Fsp3) is 0.190. The molecule has 1 amide bonds. The molecule has 132 valence electrons. The molecule has 26 heavy (non-hydrogen) atoms. The molecular formula is C21H21N3OS. The van der Waals surface area contributed by atoms with Crippen LogP contribution in [-0.2, 0) is 17.8 Å². The normalized spacial score (nSPS) is 10.5. The second-order valence-electron chi connectivity index (χ2n) is 5.86. The molecule has 2 aromatic carbocycles. The van der Waals surface area contributed by atoms with E-state index in [0.717, 1.165) is 28.3 Å². The number of carbonyl (C=O) groups excluding carboxylic acids is 1. The number of benzene rings is 2. The molecule has 0 spiro atoms. The smallest absolute Gasteiger partial charge is 0.230 e. The largest absolute Gasteiger partial charge is 0.351 e. The minimum atomic E-state index is -0.0140. The Bertz CT molecular complexity index is 833. The van der Waals surface area contributed by atoms with E-state index in [9.17, 15) is 4.79 Å². The third-order valence-electron chi connectivity index (χ3n) is 3.98. The Balaban J connectivity index is 1.50. The Labute approximate surface area is 158 Å². The summed E-state index contributed by atoms with van der Waals surface area (Å²) in [4.78, 5) is 12.0. The van der Waals surface area contributed by atoms with Crippen LogP contribution in [0.1, 0.15) is 18.1 Å². The van der Waals surface area contributed by atoms with E-state index in [1.807, 2.05) is 42.5 Å². The second kappa shape index (κ2) is 9.15. The number of amides is 1. The number of aromatic nitrogens is 2. The third kappa shape index (κ3) is 5.17. The number of hydrogen-bond acceptors (Lipinski definition) is 4. The van der Waals surface area contributed by atoms with E-state index >= 15 is 0 Å². The molecule has 1 heterocycles. The minimum Gasteiger partial charge on any atom is -0.351 e. The predicted molar refractivity (Wildman–Crippen MR) is 106 cm³/mol. The standard InChI is InChI=1S/C21H21N3OS/c1-2-16-8-10-18(11-9-16)19-12-13-21(24-23-19)26-15-20(25)22-14-17-6-4-3-5-7-17/h3-13H,2,14-15H2,1H3,(H,22,25). The molecule has 0 bridgehead atoms.